The molecule has 2 aromatic heterocycles. The quantitative estimate of drug-likeness (QED) is 0.749. The SMILES string of the molecule is CN1C2CCCC1CC(NC(=S)Nc1ccsc1-c1nc(C3CC3)no1)C2. The van der Waals surface area contributed by atoms with Crippen LogP contribution in [-0.4, -0.2) is 45.3 Å². The van der Waals surface area contributed by atoms with Crippen molar-refractivity contribution >= 4 is 34.4 Å². The molecular formula is C19H25N5OS2. The van der Waals surface area contributed by atoms with Crippen LogP contribution in [0, 0.1) is 0 Å². The van der Waals surface area contributed by atoms with Crippen molar-refractivity contribution in [2.75, 3.05) is 12.4 Å². The van der Waals surface area contributed by atoms with Gasteiger partial charge in [0.1, 0.15) is 4.88 Å². The van der Waals surface area contributed by atoms with Crippen molar-refractivity contribution in [3.8, 4) is 10.8 Å². The van der Waals surface area contributed by atoms with Crippen LogP contribution in [0.15, 0.2) is 16.0 Å². The standard InChI is InChI=1S/C19H25N5OS2/c1-24-13-3-2-4-14(24)10-12(9-13)20-19(26)21-15-7-8-27-16(15)18-22-17(23-25-18)11-5-6-11/h7-8,11-14H,2-6,9-10H2,1H3,(H2,20,21,26). The third kappa shape index (κ3) is 3.62. The van der Waals surface area contributed by atoms with Crippen LogP contribution in [0.25, 0.3) is 10.8 Å². The summed E-state index contributed by atoms with van der Waals surface area (Å²) < 4.78 is 5.48. The fourth-order valence-corrected chi connectivity index (χ4v) is 5.53. The zero-order valence-corrected chi connectivity index (χ0v) is 17.1. The molecule has 6 nitrogen and oxygen atoms in total. The number of thiocarbonyl (C=S) groups is 1. The molecule has 2 unspecified atom stereocenters. The Morgan fingerprint density at radius 3 is 2.78 bits per heavy atom. The van der Waals surface area contributed by atoms with Crippen LogP contribution in [0.1, 0.15) is 56.7 Å². The lowest BCUT2D eigenvalue weighted by Crippen LogP contribution is -2.55. The van der Waals surface area contributed by atoms with Gasteiger partial charge in [0.05, 0.1) is 5.69 Å². The molecule has 1 aliphatic carbocycles. The van der Waals surface area contributed by atoms with Gasteiger partial charge in [-0.3, -0.25) is 0 Å². The van der Waals surface area contributed by atoms with E-state index in [0.29, 0.717) is 35.0 Å². The predicted octanol–water partition coefficient (Wildman–Crippen LogP) is 3.98. The molecule has 2 saturated heterocycles. The number of aromatic nitrogens is 2. The van der Waals surface area contributed by atoms with E-state index in [-0.39, 0.29) is 0 Å². The van der Waals surface area contributed by atoms with Crippen molar-refractivity contribution in [2.45, 2.75) is 69.0 Å². The maximum atomic E-state index is 5.61. The van der Waals surface area contributed by atoms with E-state index < -0.39 is 0 Å². The van der Waals surface area contributed by atoms with Gasteiger partial charge in [0, 0.05) is 24.0 Å². The zero-order chi connectivity index (χ0) is 18.4. The van der Waals surface area contributed by atoms with Gasteiger partial charge >= 0.3 is 0 Å². The Balaban J connectivity index is 1.23. The summed E-state index contributed by atoms with van der Waals surface area (Å²) in [4.78, 5) is 8.10. The van der Waals surface area contributed by atoms with Crippen molar-refractivity contribution in [2.24, 2.45) is 0 Å². The number of fused-ring (bicyclic) bond motifs is 2. The van der Waals surface area contributed by atoms with Gasteiger partial charge in [-0.2, -0.15) is 4.98 Å². The summed E-state index contributed by atoms with van der Waals surface area (Å²) in [5.41, 5.74) is 0.941. The lowest BCUT2D eigenvalue weighted by atomic mass is 9.82. The maximum Gasteiger partial charge on any atom is 0.270 e. The van der Waals surface area contributed by atoms with Gasteiger partial charge in [-0.1, -0.05) is 11.6 Å². The molecule has 2 N–H and O–H groups in total. The minimum atomic E-state index is 0.448. The van der Waals surface area contributed by atoms with Crippen LogP contribution in [-0.2, 0) is 0 Å². The van der Waals surface area contributed by atoms with Crippen LogP contribution in [0.2, 0.25) is 0 Å². The number of hydrogen-bond donors (Lipinski definition) is 2. The average molecular weight is 404 g/mol. The van der Waals surface area contributed by atoms with E-state index in [1.807, 2.05) is 11.4 Å². The van der Waals surface area contributed by atoms with Crippen molar-refractivity contribution in [1.82, 2.24) is 20.4 Å². The Morgan fingerprint density at radius 1 is 1.26 bits per heavy atom. The van der Waals surface area contributed by atoms with E-state index in [0.717, 1.165) is 16.4 Å². The first-order valence-corrected chi connectivity index (χ1v) is 11.2. The highest BCUT2D eigenvalue weighted by molar-refractivity contribution is 7.80. The average Bonchev–Trinajstić information content (AvgIpc) is 3.18. The Hall–Kier alpha value is -1.51. The van der Waals surface area contributed by atoms with Crippen LogP contribution in [0.3, 0.4) is 0 Å². The van der Waals surface area contributed by atoms with Gasteiger partial charge < -0.3 is 20.1 Å². The molecule has 0 spiro atoms. The number of anilines is 1. The Kier molecular flexibility index (Phi) is 4.65. The number of rotatable bonds is 4. The van der Waals surface area contributed by atoms with E-state index >= 15 is 0 Å². The van der Waals surface area contributed by atoms with Crippen molar-refractivity contribution in [3.63, 3.8) is 0 Å². The zero-order valence-electron chi connectivity index (χ0n) is 15.5. The molecule has 4 heterocycles. The van der Waals surface area contributed by atoms with Crippen molar-refractivity contribution in [3.05, 3.63) is 17.3 Å². The van der Waals surface area contributed by atoms with Gasteiger partial charge in [-0.05, 0) is 69.2 Å². The number of piperidine rings is 2. The highest BCUT2D eigenvalue weighted by Crippen LogP contribution is 2.40. The number of thiophene rings is 1. The molecule has 2 aromatic rings. The highest BCUT2D eigenvalue weighted by atomic mass is 32.1. The van der Waals surface area contributed by atoms with Gasteiger partial charge in [0.15, 0.2) is 10.9 Å². The lowest BCUT2D eigenvalue weighted by molar-refractivity contribution is 0.0530. The topological polar surface area (TPSA) is 66.2 Å². The molecule has 3 fully saturated rings. The molecule has 5 rings (SSSR count). The van der Waals surface area contributed by atoms with Gasteiger partial charge in [0.2, 0.25) is 0 Å². The molecule has 8 heteroatoms. The van der Waals surface area contributed by atoms with Crippen molar-refractivity contribution in [1.29, 1.82) is 0 Å². The van der Waals surface area contributed by atoms with Crippen LogP contribution in [0.4, 0.5) is 5.69 Å². The second-order valence-corrected chi connectivity index (χ2v) is 9.39. The molecule has 1 saturated carbocycles. The molecule has 0 radical (unpaired) electrons. The monoisotopic (exact) mass is 403 g/mol. The Labute approximate surface area is 168 Å². The van der Waals surface area contributed by atoms with Gasteiger partial charge in [-0.25, -0.2) is 0 Å². The summed E-state index contributed by atoms with van der Waals surface area (Å²) in [6.45, 7) is 0. The van der Waals surface area contributed by atoms with Crippen LogP contribution in [0.5, 0.6) is 0 Å². The molecule has 2 atom stereocenters. The summed E-state index contributed by atoms with van der Waals surface area (Å²) in [5, 5.41) is 13.7. The van der Waals surface area contributed by atoms with Gasteiger partial charge in [-0.15, -0.1) is 11.3 Å². The molecule has 0 amide bonds. The Bertz CT molecular complexity index is 816. The van der Waals surface area contributed by atoms with E-state index in [4.69, 9.17) is 16.7 Å². The molecule has 0 aromatic carbocycles. The minimum Gasteiger partial charge on any atom is -0.360 e. The normalized spacial score (nSPS) is 28.1. The van der Waals surface area contributed by atoms with E-state index in [1.165, 1.54) is 44.9 Å². The smallest absolute Gasteiger partial charge is 0.270 e. The molecule has 144 valence electrons. The predicted molar refractivity (Wildman–Crippen MR) is 111 cm³/mol. The first-order chi connectivity index (χ1) is 13.2. The second-order valence-electron chi connectivity index (χ2n) is 8.07. The fraction of sp³-hybridized carbons (Fsp3) is 0.632. The third-order valence-corrected chi connectivity index (χ3v) is 7.29. The largest absolute Gasteiger partial charge is 0.360 e. The first kappa shape index (κ1) is 17.6. The fourth-order valence-electron chi connectivity index (χ4n) is 4.49. The summed E-state index contributed by atoms with van der Waals surface area (Å²) in [5.74, 6) is 1.92. The first-order valence-electron chi connectivity index (χ1n) is 9.88. The second kappa shape index (κ2) is 7.14. The molecule has 27 heavy (non-hydrogen) atoms. The number of hydrogen-bond acceptors (Lipinski definition) is 6. The number of nitrogens with one attached hydrogen (secondary N) is 2. The van der Waals surface area contributed by atoms with Crippen LogP contribution < -0.4 is 10.6 Å². The Morgan fingerprint density at radius 2 is 2.04 bits per heavy atom. The van der Waals surface area contributed by atoms with Crippen LogP contribution >= 0.6 is 23.6 Å². The summed E-state index contributed by atoms with van der Waals surface area (Å²) in [6, 6.07) is 3.85. The molecular weight excluding hydrogens is 378 g/mol. The lowest BCUT2D eigenvalue weighted by Gasteiger charge is -2.47. The van der Waals surface area contributed by atoms with Crippen molar-refractivity contribution < 1.29 is 4.52 Å². The molecule has 2 aliphatic heterocycles. The number of nitrogens with zero attached hydrogens (tertiary/aromatic N) is 3. The molecule has 3 aliphatic rings. The minimum absolute atomic E-state index is 0.448. The van der Waals surface area contributed by atoms with E-state index in [1.54, 1.807) is 11.3 Å². The van der Waals surface area contributed by atoms with Gasteiger partial charge in [0.25, 0.3) is 5.89 Å². The summed E-state index contributed by atoms with van der Waals surface area (Å²) >= 11 is 7.21. The highest BCUT2D eigenvalue weighted by Gasteiger charge is 2.36. The third-order valence-electron chi connectivity index (χ3n) is 6.17. The summed E-state index contributed by atoms with van der Waals surface area (Å²) in [6.07, 6.45) is 8.64. The summed E-state index contributed by atoms with van der Waals surface area (Å²) in [7, 11) is 2.28. The van der Waals surface area contributed by atoms with E-state index in [9.17, 15) is 0 Å². The maximum absolute atomic E-state index is 5.61. The molecule has 2 bridgehead atoms. The van der Waals surface area contributed by atoms with E-state index in [2.05, 4.69) is 32.7 Å².